The van der Waals surface area contributed by atoms with Crippen LogP contribution in [0.5, 0.6) is 0 Å². The number of sulfonamides is 1. The van der Waals surface area contributed by atoms with Crippen molar-refractivity contribution < 1.29 is 8.42 Å². The average Bonchev–Trinajstić information content (AvgIpc) is 2.66. The van der Waals surface area contributed by atoms with Gasteiger partial charge in [0.25, 0.3) is 0 Å². The molecule has 0 aromatic rings. The first kappa shape index (κ1) is 12.3. The van der Waals surface area contributed by atoms with E-state index < -0.39 is 10.0 Å². The number of piperidine rings is 1. The minimum Gasteiger partial charge on any atom is -0.316 e. The Labute approximate surface area is 98.4 Å². The zero-order chi connectivity index (χ0) is 11.6. The van der Waals surface area contributed by atoms with E-state index in [1.54, 1.807) is 4.31 Å². The molecule has 2 atom stereocenters. The predicted molar refractivity (Wildman–Crippen MR) is 64.8 cm³/mol. The molecule has 2 unspecified atom stereocenters. The van der Waals surface area contributed by atoms with Crippen LogP contribution in [0.25, 0.3) is 0 Å². The molecule has 0 aromatic carbocycles. The molecule has 0 aromatic heterocycles. The fraction of sp³-hybridized carbons (Fsp3) is 1.00. The van der Waals surface area contributed by atoms with Crippen molar-refractivity contribution >= 4 is 10.0 Å². The zero-order valence-electron chi connectivity index (χ0n) is 9.98. The van der Waals surface area contributed by atoms with Crippen LogP contribution in [0.4, 0.5) is 0 Å². The molecule has 0 amide bonds. The van der Waals surface area contributed by atoms with Gasteiger partial charge in [-0.25, -0.2) is 8.42 Å². The lowest BCUT2D eigenvalue weighted by Crippen LogP contribution is -2.41. The van der Waals surface area contributed by atoms with Gasteiger partial charge in [0, 0.05) is 12.6 Å². The molecule has 0 saturated carbocycles. The van der Waals surface area contributed by atoms with E-state index in [1.165, 1.54) is 0 Å². The fourth-order valence-corrected chi connectivity index (χ4v) is 4.91. The topological polar surface area (TPSA) is 49.4 Å². The van der Waals surface area contributed by atoms with E-state index in [0.717, 1.165) is 45.3 Å². The molecule has 0 bridgehead atoms. The van der Waals surface area contributed by atoms with E-state index in [-0.39, 0.29) is 6.04 Å². The maximum atomic E-state index is 12.2. The minimum atomic E-state index is -3.02. The van der Waals surface area contributed by atoms with Crippen molar-refractivity contribution in [2.24, 2.45) is 5.92 Å². The maximum absolute atomic E-state index is 12.2. The summed E-state index contributed by atoms with van der Waals surface area (Å²) in [4.78, 5) is 0. The standard InChI is InChI=1S/C11H22N2O2S/c1-10-4-3-7-13(10)16(14,15)9-11-5-2-6-12-8-11/h10-12H,2-9H2,1H3. The molecule has 0 radical (unpaired) electrons. The van der Waals surface area contributed by atoms with Crippen molar-refractivity contribution in [1.29, 1.82) is 0 Å². The van der Waals surface area contributed by atoms with Crippen molar-refractivity contribution in [2.45, 2.75) is 38.6 Å². The predicted octanol–water partition coefficient (Wildman–Crippen LogP) is 0.800. The van der Waals surface area contributed by atoms with Crippen LogP contribution in [0.3, 0.4) is 0 Å². The molecule has 2 rings (SSSR count). The van der Waals surface area contributed by atoms with Gasteiger partial charge in [0.1, 0.15) is 0 Å². The van der Waals surface area contributed by atoms with Gasteiger partial charge in [0.2, 0.25) is 10.0 Å². The maximum Gasteiger partial charge on any atom is 0.214 e. The summed E-state index contributed by atoms with van der Waals surface area (Å²) >= 11 is 0. The molecule has 94 valence electrons. The number of rotatable bonds is 3. The van der Waals surface area contributed by atoms with E-state index in [4.69, 9.17) is 0 Å². The first-order chi connectivity index (χ1) is 7.59. The molecule has 2 aliphatic heterocycles. The van der Waals surface area contributed by atoms with Gasteiger partial charge in [-0.05, 0) is 51.6 Å². The lowest BCUT2D eigenvalue weighted by atomic mass is 10.0. The molecule has 2 heterocycles. The SMILES string of the molecule is CC1CCCN1S(=O)(=O)CC1CCCNC1. The molecular weight excluding hydrogens is 224 g/mol. The van der Waals surface area contributed by atoms with Gasteiger partial charge in [0.15, 0.2) is 0 Å². The summed E-state index contributed by atoms with van der Waals surface area (Å²) in [6.07, 6.45) is 4.19. The van der Waals surface area contributed by atoms with E-state index in [0.29, 0.717) is 11.7 Å². The van der Waals surface area contributed by atoms with Gasteiger partial charge in [-0.15, -0.1) is 0 Å². The van der Waals surface area contributed by atoms with Gasteiger partial charge in [-0.2, -0.15) is 4.31 Å². The van der Waals surface area contributed by atoms with E-state index in [2.05, 4.69) is 5.32 Å². The number of nitrogens with zero attached hydrogens (tertiary/aromatic N) is 1. The largest absolute Gasteiger partial charge is 0.316 e. The van der Waals surface area contributed by atoms with Crippen LogP contribution < -0.4 is 5.32 Å². The highest BCUT2D eigenvalue weighted by Gasteiger charge is 2.33. The van der Waals surface area contributed by atoms with Gasteiger partial charge in [-0.3, -0.25) is 0 Å². The monoisotopic (exact) mass is 246 g/mol. The third-order valence-corrected chi connectivity index (χ3v) is 5.84. The highest BCUT2D eigenvalue weighted by atomic mass is 32.2. The van der Waals surface area contributed by atoms with Crippen LogP contribution in [0.15, 0.2) is 0 Å². The van der Waals surface area contributed by atoms with Crippen molar-refractivity contribution in [3.8, 4) is 0 Å². The van der Waals surface area contributed by atoms with Gasteiger partial charge in [0.05, 0.1) is 5.75 Å². The van der Waals surface area contributed by atoms with Crippen LogP contribution in [-0.2, 0) is 10.0 Å². The Morgan fingerprint density at radius 3 is 2.69 bits per heavy atom. The number of hydrogen-bond donors (Lipinski definition) is 1. The molecule has 5 heteroatoms. The molecule has 2 fully saturated rings. The molecule has 16 heavy (non-hydrogen) atoms. The van der Waals surface area contributed by atoms with Gasteiger partial charge < -0.3 is 5.32 Å². The Morgan fingerprint density at radius 2 is 2.12 bits per heavy atom. The second-order valence-corrected chi connectivity index (χ2v) is 7.06. The quantitative estimate of drug-likeness (QED) is 0.801. The highest BCUT2D eigenvalue weighted by Crippen LogP contribution is 2.23. The molecule has 2 aliphatic rings. The third-order valence-electron chi connectivity index (χ3n) is 3.69. The fourth-order valence-electron chi connectivity index (χ4n) is 2.78. The van der Waals surface area contributed by atoms with Crippen LogP contribution in [-0.4, -0.2) is 44.2 Å². The average molecular weight is 246 g/mol. The van der Waals surface area contributed by atoms with Gasteiger partial charge in [-0.1, -0.05) is 0 Å². The van der Waals surface area contributed by atoms with E-state index in [1.807, 2.05) is 6.92 Å². The van der Waals surface area contributed by atoms with Crippen LogP contribution in [0.2, 0.25) is 0 Å². The van der Waals surface area contributed by atoms with Crippen molar-refractivity contribution in [3.63, 3.8) is 0 Å². The minimum absolute atomic E-state index is 0.210. The van der Waals surface area contributed by atoms with Crippen LogP contribution in [0, 0.1) is 5.92 Å². The Kier molecular flexibility index (Phi) is 3.87. The highest BCUT2D eigenvalue weighted by molar-refractivity contribution is 7.89. The van der Waals surface area contributed by atoms with Crippen molar-refractivity contribution in [2.75, 3.05) is 25.4 Å². The molecular formula is C11H22N2O2S. The summed E-state index contributed by atoms with van der Waals surface area (Å²) in [6.45, 7) is 4.64. The number of nitrogens with one attached hydrogen (secondary N) is 1. The van der Waals surface area contributed by atoms with Crippen LogP contribution >= 0.6 is 0 Å². The van der Waals surface area contributed by atoms with E-state index >= 15 is 0 Å². The Morgan fingerprint density at radius 1 is 1.31 bits per heavy atom. The zero-order valence-corrected chi connectivity index (χ0v) is 10.8. The molecule has 2 saturated heterocycles. The molecule has 1 N–H and O–H groups in total. The van der Waals surface area contributed by atoms with Crippen molar-refractivity contribution in [1.82, 2.24) is 9.62 Å². The Balaban J connectivity index is 1.96. The first-order valence-corrected chi connectivity index (χ1v) is 7.91. The second kappa shape index (κ2) is 5.02. The summed E-state index contributed by atoms with van der Waals surface area (Å²) in [5.41, 5.74) is 0. The summed E-state index contributed by atoms with van der Waals surface area (Å²) < 4.78 is 26.1. The Hall–Kier alpha value is -0.130. The summed E-state index contributed by atoms with van der Waals surface area (Å²) in [6, 6.07) is 0.210. The number of hydrogen-bond acceptors (Lipinski definition) is 3. The first-order valence-electron chi connectivity index (χ1n) is 6.30. The van der Waals surface area contributed by atoms with Crippen LogP contribution in [0.1, 0.15) is 32.6 Å². The lowest BCUT2D eigenvalue weighted by molar-refractivity contribution is 0.375. The normalized spacial score (nSPS) is 33.1. The molecule has 0 aliphatic carbocycles. The summed E-state index contributed by atoms with van der Waals surface area (Å²) in [5, 5.41) is 3.28. The third kappa shape index (κ3) is 2.76. The smallest absolute Gasteiger partial charge is 0.214 e. The second-order valence-electron chi connectivity index (χ2n) is 5.09. The summed E-state index contributed by atoms with van der Waals surface area (Å²) in [5.74, 6) is 0.649. The molecule has 4 nitrogen and oxygen atoms in total. The Bertz CT molecular complexity index is 323. The van der Waals surface area contributed by atoms with Gasteiger partial charge >= 0.3 is 0 Å². The summed E-state index contributed by atoms with van der Waals surface area (Å²) in [7, 11) is -3.02. The van der Waals surface area contributed by atoms with Crippen molar-refractivity contribution in [3.05, 3.63) is 0 Å². The molecule has 0 spiro atoms. The lowest BCUT2D eigenvalue weighted by Gasteiger charge is -2.27. The van der Waals surface area contributed by atoms with E-state index in [9.17, 15) is 8.42 Å².